The number of benzene rings is 2. The van der Waals surface area contributed by atoms with Crippen molar-refractivity contribution >= 4 is 34.7 Å². The second-order valence-electron chi connectivity index (χ2n) is 6.41. The number of nitrogens with one attached hydrogen (secondary N) is 3. The Morgan fingerprint density at radius 1 is 0.821 bits per heavy atom. The number of rotatable bonds is 5. The molecule has 3 N–H and O–H groups in total. The highest BCUT2D eigenvalue weighted by Crippen LogP contribution is 2.23. The molecule has 1 aromatic heterocycles. The molecular formula is C21H21N5O2. The lowest BCUT2D eigenvalue weighted by Crippen LogP contribution is -2.15. The van der Waals surface area contributed by atoms with Gasteiger partial charge in [0.25, 0.3) is 5.91 Å². The normalized spacial score (nSPS) is 10.2. The maximum absolute atomic E-state index is 12.4. The van der Waals surface area contributed by atoms with Crippen LogP contribution in [0.2, 0.25) is 0 Å². The summed E-state index contributed by atoms with van der Waals surface area (Å²) in [7, 11) is 0. The highest BCUT2D eigenvalue weighted by molar-refractivity contribution is 6.03. The average molecular weight is 375 g/mol. The average Bonchev–Trinajstić information content (AvgIpc) is 2.65. The van der Waals surface area contributed by atoms with Crippen LogP contribution in [0.25, 0.3) is 0 Å². The third kappa shape index (κ3) is 4.70. The van der Waals surface area contributed by atoms with Crippen molar-refractivity contribution in [3.63, 3.8) is 0 Å². The number of aromatic nitrogens is 2. The highest BCUT2D eigenvalue weighted by atomic mass is 16.2. The zero-order valence-electron chi connectivity index (χ0n) is 15.9. The molecule has 3 aromatic rings. The van der Waals surface area contributed by atoms with E-state index in [-0.39, 0.29) is 17.5 Å². The summed E-state index contributed by atoms with van der Waals surface area (Å²) < 4.78 is 0. The van der Waals surface area contributed by atoms with E-state index in [1.807, 2.05) is 32.0 Å². The van der Waals surface area contributed by atoms with Crippen molar-refractivity contribution in [2.24, 2.45) is 0 Å². The lowest BCUT2D eigenvalue weighted by Gasteiger charge is -2.11. The van der Waals surface area contributed by atoms with E-state index >= 15 is 0 Å². The fraction of sp³-hybridized carbons (Fsp3) is 0.143. The van der Waals surface area contributed by atoms with Gasteiger partial charge in [-0.1, -0.05) is 24.3 Å². The molecule has 0 spiro atoms. The van der Waals surface area contributed by atoms with E-state index in [9.17, 15) is 9.59 Å². The van der Waals surface area contributed by atoms with E-state index in [1.54, 1.807) is 36.4 Å². The van der Waals surface area contributed by atoms with E-state index in [2.05, 4.69) is 26.1 Å². The van der Waals surface area contributed by atoms with Gasteiger partial charge in [-0.15, -0.1) is 10.2 Å². The van der Waals surface area contributed by atoms with Crippen LogP contribution < -0.4 is 16.0 Å². The van der Waals surface area contributed by atoms with Gasteiger partial charge in [0, 0.05) is 24.0 Å². The Morgan fingerprint density at radius 2 is 1.46 bits per heavy atom. The molecule has 3 rings (SSSR count). The lowest BCUT2D eigenvalue weighted by molar-refractivity contribution is -0.114. The number of carbonyl (C=O) groups excluding carboxylic acids is 2. The van der Waals surface area contributed by atoms with Gasteiger partial charge in [-0.25, -0.2) is 0 Å². The van der Waals surface area contributed by atoms with Crippen molar-refractivity contribution in [1.29, 1.82) is 0 Å². The fourth-order valence-electron chi connectivity index (χ4n) is 2.73. The monoisotopic (exact) mass is 375 g/mol. The highest BCUT2D eigenvalue weighted by Gasteiger charge is 2.10. The van der Waals surface area contributed by atoms with Crippen molar-refractivity contribution in [2.45, 2.75) is 20.8 Å². The summed E-state index contributed by atoms with van der Waals surface area (Å²) in [6.45, 7) is 5.45. The minimum Gasteiger partial charge on any atom is -0.338 e. The van der Waals surface area contributed by atoms with Crippen LogP contribution in [0.3, 0.4) is 0 Å². The van der Waals surface area contributed by atoms with E-state index in [0.717, 1.165) is 16.8 Å². The Kier molecular flexibility index (Phi) is 5.64. The van der Waals surface area contributed by atoms with Gasteiger partial charge in [-0.3, -0.25) is 9.59 Å². The first-order valence-electron chi connectivity index (χ1n) is 8.78. The topological polar surface area (TPSA) is 96.0 Å². The Bertz CT molecular complexity index is 995. The molecule has 28 heavy (non-hydrogen) atoms. The first kappa shape index (κ1) is 19.0. The van der Waals surface area contributed by atoms with Gasteiger partial charge < -0.3 is 16.0 Å². The van der Waals surface area contributed by atoms with Gasteiger partial charge in [0.15, 0.2) is 11.5 Å². The summed E-state index contributed by atoms with van der Waals surface area (Å²) in [5.74, 6) is -0.00553. The molecule has 0 aliphatic heterocycles. The Labute approximate surface area is 163 Å². The van der Waals surface area contributed by atoms with Crippen LogP contribution in [0, 0.1) is 13.8 Å². The number of hydrogen-bond donors (Lipinski definition) is 3. The Balaban J connectivity index is 1.69. The molecular weight excluding hydrogens is 354 g/mol. The van der Waals surface area contributed by atoms with Gasteiger partial charge in [0.1, 0.15) is 0 Å². The molecule has 0 bridgehead atoms. The standard InChI is InChI=1S/C21H21N5O2/c1-13-6-4-7-14(2)20(13)24-19-11-10-18(25-26-19)21(28)23-17-9-5-8-16(12-17)22-15(3)27/h4-12H,1-3H3,(H,22,27)(H,23,28)(H,24,26). The molecule has 2 aromatic carbocycles. The van der Waals surface area contributed by atoms with Crippen LogP contribution in [-0.4, -0.2) is 22.0 Å². The van der Waals surface area contributed by atoms with Crippen LogP contribution in [0.5, 0.6) is 0 Å². The third-order valence-electron chi connectivity index (χ3n) is 4.07. The van der Waals surface area contributed by atoms with Crippen LogP contribution in [0.1, 0.15) is 28.5 Å². The molecule has 7 heteroatoms. The largest absolute Gasteiger partial charge is 0.338 e. The summed E-state index contributed by atoms with van der Waals surface area (Å²) in [5.41, 5.74) is 4.52. The summed E-state index contributed by atoms with van der Waals surface area (Å²) >= 11 is 0. The number of amides is 2. The van der Waals surface area contributed by atoms with Gasteiger partial charge in [-0.05, 0) is 55.3 Å². The summed E-state index contributed by atoms with van der Waals surface area (Å²) in [6.07, 6.45) is 0. The molecule has 0 aliphatic carbocycles. The van der Waals surface area contributed by atoms with Gasteiger partial charge in [0.05, 0.1) is 0 Å². The van der Waals surface area contributed by atoms with E-state index in [1.165, 1.54) is 6.92 Å². The van der Waals surface area contributed by atoms with Crippen molar-refractivity contribution < 1.29 is 9.59 Å². The molecule has 0 fully saturated rings. The minimum atomic E-state index is -0.383. The van der Waals surface area contributed by atoms with E-state index in [4.69, 9.17) is 0 Å². The van der Waals surface area contributed by atoms with Crippen molar-refractivity contribution in [2.75, 3.05) is 16.0 Å². The zero-order chi connectivity index (χ0) is 20.1. The number of nitrogens with zero attached hydrogens (tertiary/aromatic N) is 2. The van der Waals surface area contributed by atoms with Crippen molar-refractivity contribution in [3.8, 4) is 0 Å². The Morgan fingerprint density at radius 3 is 2.07 bits per heavy atom. The lowest BCUT2D eigenvalue weighted by atomic mass is 10.1. The van der Waals surface area contributed by atoms with Gasteiger partial charge in [-0.2, -0.15) is 0 Å². The molecule has 0 radical (unpaired) electrons. The maximum Gasteiger partial charge on any atom is 0.276 e. The maximum atomic E-state index is 12.4. The van der Waals surface area contributed by atoms with Crippen LogP contribution in [-0.2, 0) is 4.79 Å². The van der Waals surface area contributed by atoms with Crippen LogP contribution >= 0.6 is 0 Å². The third-order valence-corrected chi connectivity index (χ3v) is 4.07. The number of carbonyl (C=O) groups is 2. The quantitative estimate of drug-likeness (QED) is 0.625. The molecule has 2 amide bonds. The summed E-state index contributed by atoms with van der Waals surface area (Å²) in [6, 6.07) is 16.2. The first-order valence-corrected chi connectivity index (χ1v) is 8.78. The predicted octanol–water partition coefficient (Wildman–Crippen LogP) is 4.05. The molecule has 0 saturated carbocycles. The molecule has 0 unspecified atom stereocenters. The second-order valence-corrected chi connectivity index (χ2v) is 6.41. The van der Waals surface area contributed by atoms with E-state index < -0.39 is 0 Å². The smallest absolute Gasteiger partial charge is 0.276 e. The van der Waals surface area contributed by atoms with Crippen molar-refractivity contribution in [1.82, 2.24) is 10.2 Å². The summed E-state index contributed by atoms with van der Waals surface area (Å²) in [5, 5.41) is 16.8. The number of hydrogen-bond acceptors (Lipinski definition) is 5. The summed E-state index contributed by atoms with van der Waals surface area (Å²) in [4.78, 5) is 23.6. The van der Waals surface area contributed by atoms with Crippen molar-refractivity contribution in [3.05, 3.63) is 71.4 Å². The molecule has 1 heterocycles. The minimum absolute atomic E-state index is 0.179. The zero-order valence-corrected chi connectivity index (χ0v) is 15.9. The number of anilines is 4. The second kappa shape index (κ2) is 8.30. The number of para-hydroxylation sites is 1. The molecule has 7 nitrogen and oxygen atoms in total. The Hall–Kier alpha value is -3.74. The first-order chi connectivity index (χ1) is 13.4. The van der Waals surface area contributed by atoms with Crippen LogP contribution in [0.15, 0.2) is 54.6 Å². The molecule has 142 valence electrons. The van der Waals surface area contributed by atoms with E-state index in [0.29, 0.717) is 17.2 Å². The SMILES string of the molecule is CC(=O)Nc1cccc(NC(=O)c2ccc(Nc3c(C)cccc3C)nn2)c1. The number of aryl methyl sites for hydroxylation is 2. The van der Waals surface area contributed by atoms with Crippen LogP contribution in [0.4, 0.5) is 22.9 Å². The van der Waals surface area contributed by atoms with Gasteiger partial charge >= 0.3 is 0 Å². The molecule has 0 saturated heterocycles. The molecule has 0 aliphatic rings. The molecule has 0 atom stereocenters. The van der Waals surface area contributed by atoms with Gasteiger partial charge in [0.2, 0.25) is 5.91 Å². The predicted molar refractivity (Wildman–Crippen MR) is 110 cm³/mol. The fourth-order valence-corrected chi connectivity index (χ4v) is 2.73.